The number of aromatic nitrogens is 1. The van der Waals surface area contributed by atoms with E-state index in [1.165, 1.54) is 5.56 Å². The Balaban J connectivity index is 1.97. The van der Waals surface area contributed by atoms with E-state index >= 15 is 0 Å². The molecule has 0 aliphatic carbocycles. The zero-order chi connectivity index (χ0) is 18.0. The van der Waals surface area contributed by atoms with Crippen molar-refractivity contribution in [2.24, 2.45) is 0 Å². The highest BCUT2D eigenvalue weighted by atomic mass is 35.5. The lowest BCUT2D eigenvalue weighted by molar-refractivity contribution is 0.590. The van der Waals surface area contributed by atoms with Crippen LogP contribution in [0.4, 0.5) is 0 Å². The van der Waals surface area contributed by atoms with Crippen LogP contribution < -0.4 is 5.56 Å². The maximum atomic E-state index is 12.2. The number of hydrogen-bond donors (Lipinski definition) is 0. The van der Waals surface area contributed by atoms with Crippen LogP contribution in [0.2, 0.25) is 5.02 Å². The number of nitrogens with zero attached hydrogens (tertiary/aromatic N) is 1. The van der Waals surface area contributed by atoms with E-state index in [0.29, 0.717) is 11.6 Å². The minimum atomic E-state index is -0.00863. The van der Waals surface area contributed by atoms with Gasteiger partial charge in [0.1, 0.15) is 0 Å². The van der Waals surface area contributed by atoms with Crippen LogP contribution in [-0.4, -0.2) is 4.57 Å². The molecule has 25 heavy (non-hydrogen) atoms. The third kappa shape index (κ3) is 4.21. The molecule has 0 atom stereocenters. The molecule has 2 aromatic carbocycles. The normalized spacial score (nSPS) is 11.5. The summed E-state index contributed by atoms with van der Waals surface area (Å²) in [6, 6.07) is 19.6. The summed E-state index contributed by atoms with van der Waals surface area (Å²) in [4.78, 5) is 12.2. The number of rotatable bonds is 3. The van der Waals surface area contributed by atoms with E-state index < -0.39 is 0 Å². The molecule has 0 unspecified atom stereocenters. The quantitative estimate of drug-likeness (QED) is 0.609. The molecule has 128 valence electrons. The van der Waals surface area contributed by atoms with Crippen molar-refractivity contribution in [2.45, 2.75) is 32.7 Å². The Hall–Kier alpha value is -2.32. The van der Waals surface area contributed by atoms with Crippen LogP contribution in [0, 0.1) is 0 Å². The molecule has 0 amide bonds. The maximum absolute atomic E-state index is 12.2. The molecule has 1 heterocycles. The highest BCUT2D eigenvalue weighted by molar-refractivity contribution is 6.30. The molecular weight excluding hydrogens is 330 g/mol. The van der Waals surface area contributed by atoms with E-state index in [0.717, 1.165) is 16.7 Å². The molecule has 1 aromatic heterocycles. The van der Waals surface area contributed by atoms with Gasteiger partial charge in [-0.3, -0.25) is 4.79 Å². The van der Waals surface area contributed by atoms with Crippen LogP contribution in [0.5, 0.6) is 0 Å². The number of hydrogen-bond acceptors (Lipinski definition) is 1. The highest BCUT2D eigenvalue weighted by Crippen LogP contribution is 2.27. The Bertz CT molecular complexity index is 933. The molecule has 3 aromatic rings. The second kappa shape index (κ2) is 6.89. The first-order valence-corrected chi connectivity index (χ1v) is 8.76. The van der Waals surface area contributed by atoms with Gasteiger partial charge in [0.25, 0.3) is 5.56 Å². The highest BCUT2D eigenvalue weighted by Gasteiger charge is 2.14. The first kappa shape index (κ1) is 17.5. The van der Waals surface area contributed by atoms with Gasteiger partial charge in [-0.15, -0.1) is 0 Å². The van der Waals surface area contributed by atoms with E-state index in [1.54, 1.807) is 10.6 Å². The summed E-state index contributed by atoms with van der Waals surface area (Å²) < 4.78 is 1.74. The van der Waals surface area contributed by atoms with Crippen molar-refractivity contribution in [3.63, 3.8) is 0 Å². The van der Waals surface area contributed by atoms with Gasteiger partial charge in [-0.05, 0) is 45.9 Å². The van der Waals surface area contributed by atoms with Crippen molar-refractivity contribution < 1.29 is 0 Å². The van der Waals surface area contributed by atoms with E-state index in [-0.39, 0.29) is 11.0 Å². The SMILES string of the molecule is CC(C)(C)c1cccc(-c2ccc(=O)n(Cc3ccc(Cl)cc3)c2)c1. The van der Waals surface area contributed by atoms with E-state index in [4.69, 9.17) is 11.6 Å². The van der Waals surface area contributed by atoms with E-state index in [2.05, 4.69) is 45.0 Å². The van der Waals surface area contributed by atoms with Gasteiger partial charge in [0.15, 0.2) is 0 Å². The van der Waals surface area contributed by atoms with Crippen LogP contribution in [-0.2, 0) is 12.0 Å². The molecule has 0 saturated carbocycles. The molecule has 0 aliphatic rings. The second-order valence-corrected chi connectivity index (χ2v) is 7.78. The first-order valence-electron chi connectivity index (χ1n) is 8.39. The fourth-order valence-corrected chi connectivity index (χ4v) is 2.90. The molecule has 0 fully saturated rings. The lowest BCUT2D eigenvalue weighted by Gasteiger charge is -2.20. The predicted molar refractivity (Wildman–Crippen MR) is 105 cm³/mol. The maximum Gasteiger partial charge on any atom is 0.250 e. The van der Waals surface area contributed by atoms with Crippen molar-refractivity contribution in [2.75, 3.05) is 0 Å². The average Bonchev–Trinajstić information content (AvgIpc) is 2.58. The monoisotopic (exact) mass is 351 g/mol. The summed E-state index contributed by atoms with van der Waals surface area (Å²) in [7, 11) is 0. The molecule has 0 spiro atoms. The van der Waals surface area contributed by atoms with Crippen LogP contribution in [0.25, 0.3) is 11.1 Å². The van der Waals surface area contributed by atoms with Crippen molar-refractivity contribution in [1.82, 2.24) is 4.57 Å². The number of halogens is 1. The van der Waals surface area contributed by atoms with Gasteiger partial charge >= 0.3 is 0 Å². The fraction of sp³-hybridized carbons (Fsp3) is 0.227. The zero-order valence-corrected chi connectivity index (χ0v) is 15.5. The third-order valence-electron chi connectivity index (χ3n) is 4.31. The fourth-order valence-electron chi connectivity index (χ4n) is 2.78. The lowest BCUT2D eigenvalue weighted by atomic mass is 9.85. The minimum absolute atomic E-state index is 0.00863. The largest absolute Gasteiger partial charge is 0.310 e. The minimum Gasteiger partial charge on any atom is -0.310 e. The Kier molecular flexibility index (Phi) is 4.82. The van der Waals surface area contributed by atoms with Crippen LogP contribution in [0.1, 0.15) is 31.9 Å². The first-order chi connectivity index (χ1) is 11.8. The molecule has 0 saturated heterocycles. The topological polar surface area (TPSA) is 22.0 Å². The predicted octanol–water partition coefficient (Wildman–Crippen LogP) is 5.51. The Morgan fingerprint density at radius 2 is 1.64 bits per heavy atom. The van der Waals surface area contributed by atoms with Crippen molar-refractivity contribution >= 4 is 11.6 Å². The van der Waals surface area contributed by atoms with Gasteiger partial charge in [-0.25, -0.2) is 0 Å². The van der Waals surface area contributed by atoms with Gasteiger partial charge in [-0.1, -0.05) is 68.8 Å². The molecule has 0 aliphatic heterocycles. The molecule has 0 bridgehead atoms. The van der Waals surface area contributed by atoms with E-state index in [1.807, 2.05) is 36.5 Å². The van der Waals surface area contributed by atoms with Gasteiger partial charge in [-0.2, -0.15) is 0 Å². The molecule has 2 nitrogen and oxygen atoms in total. The molecule has 0 radical (unpaired) electrons. The van der Waals surface area contributed by atoms with Crippen molar-refractivity contribution in [3.8, 4) is 11.1 Å². The molecule has 3 heteroatoms. The summed E-state index contributed by atoms with van der Waals surface area (Å²) in [6.45, 7) is 7.14. The Labute approximate surface area is 153 Å². The summed E-state index contributed by atoms with van der Waals surface area (Å²) in [5, 5.41) is 0.698. The lowest BCUT2D eigenvalue weighted by Crippen LogP contribution is -2.19. The molecule has 3 rings (SSSR count). The summed E-state index contributed by atoms with van der Waals surface area (Å²) in [5.41, 5.74) is 4.57. The smallest absolute Gasteiger partial charge is 0.250 e. The summed E-state index contributed by atoms with van der Waals surface area (Å²) in [6.07, 6.45) is 1.93. The summed E-state index contributed by atoms with van der Waals surface area (Å²) >= 11 is 5.93. The van der Waals surface area contributed by atoms with Gasteiger partial charge in [0.05, 0.1) is 6.54 Å². The van der Waals surface area contributed by atoms with Crippen molar-refractivity contribution in [1.29, 1.82) is 0 Å². The van der Waals surface area contributed by atoms with Crippen LogP contribution in [0.3, 0.4) is 0 Å². The second-order valence-electron chi connectivity index (χ2n) is 7.34. The van der Waals surface area contributed by atoms with Gasteiger partial charge < -0.3 is 4.57 Å². The standard InChI is InChI=1S/C22H22ClNO/c1-22(2,3)19-6-4-5-17(13-19)18-9-12-21(25)24(15-18)14-16-7-10-20(23)11-8-16/h4-13,15H,14H2,1-3H3. The summed E-state index contributed by atoms with van der Waals surface area (Å²) in [5.74, 6) is 0. The van der Waals surface area contributed by atoms with Gasteiger partial charge in [0, 0.05) is 17.3 Å². The zero-order valence-electron chi connectivity index (χ0n) is 14.8. The molecule has 0 N–H and O–H groups in total. The van der Waals surface area contributed by atoms with Crippen LogP contribution >= 0.6 is 11.6 Å². The van der Waals surface area contributed by atoms with Crippen molar-refractivity contribution in [3.05, 3.63) is 93.4 Å². The number of pyridine rings is 1. The van der Waals surface area contributed by atoms with Gasteiger partial charge in [0.2, 0.25) is 0 Å². The molecular formula is C22H22ClNO. The Morgan fingerprint density at radius 1 is 0.920 bits per heavy atom. The van der Waals surface area contributed by atoms with E-state index in [9.17, 15) is 4.79 Å². The Morgan fingerprint density at radius 3 is 2.32 bits per heavy atom. The number of benzene rings is 2. The van der Waals surface area contributed by atoms with Crippen LogP contribution in [0.15, 0.2) is 71.7 Å². The third-order valence-corrected chi connectivity index (χ3v) is 4.56. The average molecular weight is 352 g/mol.